The van der Waals surface area contributed by atoms with Crippen molar-refractivity contribution in [2.75, 3.05) is 6.61 Å². The lowest BCUT2D eigenvalue weighted by Gasteiger charge is -2.21. The van der Waals surface area contributed by atoms with E-state index in [1.54, 1.807) is 0 Å². The summed E-state index contributed by atoms with van der Waals surface area (Å²) in [5.41, 5.74) is 0. The van der Waals surface area contributed by atoms with Crippen LogP contribution in [0, 0.1) is 11.8 Å². The van der Waals surface area contributed by atoms with Gasteiger partial charge in [0, 0.05) is 5.92 Å². The van der Waals surface area contributed by atoms with Gasteiger partial charge in [-0.05, 0) is 31.6 Å². The lowest BCUT2D eigenvalue weighted by Crippen LogP contribution is -2.36. The number of aliphatic hydroxyl groups excluding tert-OH is 2. The molecule has 170 valence electrons. The maximum Gasteiger partial charge on any atom is 0.160 e. The molecule has 2 rings (SSSR count). The molecule has 0 radical (unpaired) electrons. The second-order valence-electron chi connectivity index (χ2n) is 9.04. The Kier molecular flexibility index (Phi) is 11.2. The summed E-state index contributed by atoms with van der Waals surface area (Å²) >= 11 is 0. The lowest BCUT2D eigenvalue weighted by molar-refractivity contribution is -0.172. The SMILES string of the molecule is C=CCCCCCCCCCC1OC(COC2OC(CC)C(C)C2C)C(O)C1O. The van der Waals surface area contributed by atoms with Crippen LogP contribution in [0.2, 0.25) is 0 Å². The highest BCUT2D eigenvalue weighted by molar-refractivity contribution is 4.91. The van der Waals surface area contributed by atoms with E-state index in [4.69, 9.17) is 14.2 Å². The van der Waals surface area contributed by atoms with Gasteiger partial charge >= 0.3 is 0 Å². The molecule has 0 saturated carbocycles. The summed E-state index contributed by atoms with van der Waals surface area (Å²) in [6.45, 7) is 10.5. The number of hydrogen-bond acceptors (Lipinski definition) is 5. The minimum atomic E-state index is -0.888. The van der Waals surface area contributed by atoms with Crippen molar-refractivity contribution in [3.05, 3.63) is 12.7 Å². The van der Waals surface area contributed by atoms with Crippen molar-refractivity contribution >= 4 is 0 Å². The van der Waals surface area contributed by atoms with Crippen molar-refractivity contribution in [2.45, 2.75) is 122 Å². The first-order valence-corrected chi connectivity index (χ1v) is 11.9. The molecule has 0 aromatic rings. The van der Waals surface area contributed by atoms with E-state index in [1.165, 1.54) is 32.1 Å². The van der Waals surface area contributed by atoms with E-state index in [0.717, 1.165) is 32.1 Å². The molecule has 0 spiro atoms. The molecule has 2 saturated heterocycles. The van der Waals surface area contributed by atoms with Crippen molar-refractivity contribution in [3.8, 4) is 0 Å². The zero-order valence-corrected chi connectivity index (χ0v) is 18.8. The van der Waals surface area contributed by atoms with E-state index in [9.17, 15) is 10.2 Å². The summed E-state index contributed by atoms with van der Waals surface area (Å²) in [6, 6.07) is 0. The number of aliphatic hydroxyl groups is 2. The third kappa shape index (κ3) is 7.32. The number of unbranched alkanes of at least 4 members (excludes halogenated alkanes) is 7. The van der Waals surface area contributed by atoms with E-state index in [0.29, 0.717) is 11.8 Å². The van der Waals surface area contributed by atoms with Gasteiger partial charge < -0.3 is 24.4 Å². The van der Waals surface area contributed by atoms with Crippen LogP contribution in [0.15, 0.2) is 12.7 Å². The Morgan fingerprint density at radius 3 is 2.07 bits per heavy atom. The van der Waals surface area contributed by atoms with Gasteiger partial charge in [0.1, 0.15) is 18.3 Å². The highest BCUT2D eigenvalue weighted by atomic mass is 16.7. The molecule has 0 aliphatic carbocycles. The van der Waals surface area contributed by atoms with Gasteiger partial charge in [-0.25, -0.2) is 0 Å². The van der Waals surface area contributed by atoms with Crippen LogP contribution in [0.25, 0.3) is 0 Å². The largest absolute Gasteiger partial charge is 0.388 e. The molecule has 2 heterocycles. The molecule has 29 heavy (non-hydrogen) atoms. The summed E-state index contributed by atoms with van der Waals surface area (Å²) < 4.78 is 17.9. The molecular weight excluding hydrogens is 368 g/mol. The molecule has 0 aromatic heterocycles. The number of allylic oxidation sites excluding steroid dienone is 1. The Morgan fingerprint density at radius 2 is 1.45 bits per heavy atom. The van der Waals surface area contributed by atoms with Crippen molar-refractivity contribution < 1.29 is 24.4 Å². The molecule has 0 bridgehead atoms. The van der Waals surface area contributed by atoms with Gasteiger partial charge in [-0.2, -0.15) is 0 Å². The molecule has 5 heteroatoms. The van der Waals surface area contributed by atoms with Crippen LogP contribution in [-0.4, -0.2) is 53.6 Å². The van der Waals surface area contributed by atoms with Gasteiger partial charge in [0.2, 0.25) is 0 Å². The van der Waals surface area contributed by atoms with E-state index >= 15 is 0 Å². The van der Waals surface area contributed by atoms with Crippen LogP contribution in [0.3, 0.4) is 0 Å². The van der Waals surface area contributed by atoms with Crippen LogP contribution in [0.5, 0.6) is 0 Å². The first-order chi connectivity index (χ1) is 14.0. The van der Waals surface area contributed by atoms with E-state index in [1.807, 2.05) is 6.08 Å². The fourth-order valence-electron chi connectivity index (χ4n) is 4.58. The lowest BCUT2D eigenvalue weighted by atomic mass is 9.92. The fraction of sp³-hybridized carbons (Fsp3) is 0.917. The van der Waals surface area contributed by atoms with Gasteiger partial charge in [-0.3, -0.25) is 0 Å². The van der Waals surface area contributed by atoms with Crippen molar-refractivity contribution in [3.63, 3.8) is 0 Å². The molecule has 0 aromatic carbocycles. The zero-order valence-electron chi connectivity index (χ0n) is 18.8. The topological polar surface area (TPSA) is 68.2 Å². The van der Waals surface area contributed by atoms with Crippen LogP contribution in [0.4, 0.5) is 0 Å². The second kappa shape index (κ2) is 13.1. The van der Waals surface area contributed by atoms with Gasteiger partial charge in [0.05, 0.1) is 18.8 Å². The number of ether oxygens (including phenoxy) is 3. The van der Waals surface area contributed by atoms with Gasteiger partial charge in [-0.15, -0.1) is 6.58 Å². The predicted molar refractivity (Wildman–Crippen MR) is 116 cm³/mol. The van der Waals surface area contributed by atoms with Gasteiger partial charge in [-0.1, -0.05) is 65.4 Å². The Bertz CT molecular complexity index is 457. The molecule has 8 unspecified atom stereocenters. The maximum absolute atomic E-state index is 10.4. The average Bonchev–Trinajstić information content (AvgIpc) is 3.15. The highest BCUT2D eigenvalue weighted by Crippen LogP contribution is 2.35. The summed E-state index contributed by atoms with van der Waals surface area (Å²) in [4.78, 5) is 0. The first kappa shape index (κ1) is 24.8. The molecule has 2 aliphatic heterocycles. The minimum Gasteiger partial charge on any atom is -0.388 e. The summed E-state index contributed by atoms with van der Waals surface area (Å²) in [7, 11) is 0. The maximum atomic E-state index is 10.4. The Morgan fingerprint density at radius 1 is 0.828 bits per heavy atom. The molecule has 0 amide bonds. The van der Waals surface area contributed by atoms with Crippen molar-refractivity contribution in [2.24, 2.45) is 11.8 Å². The Labute approximate surface area is 177 Å². The smallest absolute Gasteiger partial charge is 0.160 e. The summed E-state index contributed by atoms with van der Waals surface area (Å²) in [5.74, 6) is 0.774. The van der Waals surface area contributed by atoms with Crippen LogP contribution < -0.4 is 0 Å². The van der Waals surface area contributed by atoms with Gasteiger partial charge in [0.15, 0.2) is 6.29 Å². The quantitative estimate of drug-likeness (QED) is 0.322. The van der Waals surface area contributed by atoms with Gasteiger partial charge in [0.25, 0.3) is 0 Å². The fourth-order valence-corrected chi connectivity index (χ4v) is 4.58. The Balaban J connectivity index is 1.61. The molecule has 2 N–H and O–H groups in total. The normalized spacial score (nSPS) is 37.3. The van der Waals surface area contributed by atoms with Crippen molar-refractivity contribution in [1.29, 1.82) is 0 Å². The zero-order chi connectivity index (χ0) is 21.2. The second-order valence-corrected chi connectivity index (χ2v) is 9.04. The predicted octanol–water partition coefficient (Wildman–Crippen LogP) is 4.60. The van der Waals surface area contributed by atoms with E-state index in [2.05, 4.69) is 27.4 Å². The molecule has 8 atom stereocenters. The standard InChI is InChI=1S/C24H44O5/c1-5-7-8-9-10-11-12-13-14-15-20-22(25)23(26)21(28-20)16-27-24-18(4)17(3)19(6-2)29-24/h5,17-26H,1,6-16H2,2-4H3. The number of rotatable bonds is 14. The highest BCUT2D eigenvalue weighted by Gasteiger charge is 2.44. The van der Waals surface area contributed by atoms with Crippen LogP contribution >= 0.6 is 0 Å². The third-order valence-corrected chi connectivity index (χ3v) is 6.84. The van der Waals surface area contributed by atoms with Crippen LogP contribution in [0.1, 0.15) is 85.0 Å². The summed E-state index contributed by atoms with van der Waals surface area (Å²) in [6.07, 6.45) is 10.8. The van der Waals surface area contributed by atoms with Crippen molar-refractivity contribution in [1.82, 2.24) is 0 Å². The molecule has 2 aliphatic rings. The number of hydrogen-bond donors (Lipinski definition) is 2. The monoisotopic (exact) mass is 412 g/mol. The minimum absolute atomic E-state index is 0.227. The molecule has 2 fully saturated rings. The van der Waals surface area contributed by atoms with E-state index < -0.39 is 18.3 Å². The third-order valence-electron chi connectivity index (χ3n) is 6.84. The molecular formula is C24H44O5. The summed E-state index contributed by atoms with van der Waals surface area (Å²) in [5, 5.41) is 20.7. The first-order valence-electron chi connectivity index (χ1n) is 11.9. The molecule has 5 nitrogen and oxygen atoms in total. The Hall–Kier alpha value is -0.460. The van der Waals surface area contributed by atoms with E-state index in [-0.39, 0.29) is 25.1 Å². The van der Waals surface area contributed by atoms with Crippen LogP contribution in [-0.2, 0) is 14.2 Å². The average molecular weight is 413 g/mol.